The Hall–Kier alpha value is -2.42. The second-order valence-corrected chi connectivity index (χ2v) is 7.29. The first-order valence-electron chi connectivity index (χ1n) is 7.31. The number of benzene rings is 1. The molecule has 0 spiro atoms. The van der Waals surface area contributed by atoms with Gasteiger partial charge in [0.05, 0.1) is 9.83 Å². The molecular weight excluding hydrogens is 396 g/mol. The second-order valence-electron chi connectivity index (χ2n) is 5.21. The van der Waals surface area contributed by atoms with Gasteiger partial charge in [0, 0.05) is 24.3 Å². The number of thioether (sulfide) groups is 1. The van der Waals surface area contributed by atoms with E-state index in [1.54, 1.807) is 30.4 Å². The fourth-order valence-corrected chi connectivity index (χ4v) is 3.81. The molecule has 1 saturated heterocycles. The lowest BCUT2D eigenvalue weighted by Crippen LogP contribution is -2.27. The van der Waals surface area contributed by atoms with Crippen molar-refractivity contribution < 1.29 is 14.1 Å². The van der Waals surface area contributed by atoms with Gasteiger partial charge in [-0.15, -0.1) is 6.58 Å². The molecular formula is C17H11ClN2O4S2. The lowest BCUT2D eigenvalue weighted by Gasteiger charge is -2.10. The van der Waals surface area contributed by atoms with Crippen molar-refractivity contribution in [3.63, 3.8) is 0 Å². The summed E-state index contributed by atoms with van der Waals surface area (Å²) in [6.45, 7) is 3.96. The lowest BCUT2D eigenvalue weighted by atomic mass is 10.1. The third-order valence-corrected chi connectivity index (χ3v) is 5.19. The average molecular weight is 407 g/mol. The van der Waals surface area contributed by atoms with Crippen molar-refractivity contribution in [2.24, 2.45) is 0 Å². The van der Waals surface area contributed by atoms with Crippen molar-refractivity contribution in [3.05, 3.63) is 68.8 Å². The molecule has 9 heteroatoms. The Morgan fingerprint density at radius 3 is 2.81 bits per heavy atom. The maximum atomic E-state index is 12.3. The summed E-state index contributed by atoms with van der Waals surface area (Å²) < 4.78 is 6.18. The zero-order valence-corrected chi connectivity index (χ0v) is 15.6. The van der Waals surface area contributed by atoms with Crippen LogP contribution in [0.4, 0.5) is 5.69 Å². The molecule has 0 bridgehead atoms. The standard InChI is InChI=1S/C17H11ClN2O4S2/c1-2-7-19-16(21)15(26-17(19)25)9-11-4-6-14(24-11)10-3-5-13(20(22)23)12(18)8-10/h2-6,8-9H,1,7H2. The molecule has 26 heavy (non-hydrogen) atoms. The van der Waals surface area contributed by atoms with Gasteiger partial charge in [-0.3, -0.25) is 19.8 Å². The van der Waals surface area contributed by atoms with Crippen molar-refractivity contribution in [1.82, 2.24) is 4.90 Å². The second kappa shape index (κ2) is 7.45. The number of furan rings is 1. The van der Waals surface area contributed by atoms with E-state index in [0.717, 1.165) is 0 Å². The minimum Gasteiger partial charge on any atom is -0.457 e. The monoisotopic (exact) mass is 406 g/mol. The van der Waals surface area contributed by atoms with Gasteiger partial charge in [-0.25, -0.2) is 0 Å². The first-order valence-corrected chi connectivity index (χ1v) is 8.91. The lowest BCUT2D eigenvalue weighted by molar-refractivity contribution is -0.384. The van der Waals surface area contributed by atoms with Crippen LogP contribution in [0.5, 0.6) is 0 Å². The smallest absolute Gasteiger partial charge is 0.287 e. The van der Waals surface area contributed by atoms with Crippen molar-refractivity contribution in [3.8, 4) is 11.3 Å². The Labute approximate surface area is 163 Å². The van der Waals surface area contributed by atoms with Gasteiger partial charge in [0.25, 0.3) is 11.6 Å². The summed E-state index contributed by atoms with van der Waals surface area (Å²) in [5, 5.41) is 10.9. The summed E-state index contributed by atoms with van der Waals surface area (Å²) in [6.07, 6.45) is 3.22. The third-order valence-electron chi connectivity index (χ3n) is 3.51. The molecule has 2 heterocycles. The normalized spacial score (nSPS) is 15.7. The maximum absolute atomic E-state index is 12.3. The van der Waals surface area contributed by atoms with Crippen LogP contribution < -0.4 is 0 Å². The topological polar surface area (TPSA) is 76.6 Å². The number of carbonyl (C=O) groups excluding carboxylic acids is 1. The number of thiocarbonyl (C=S) groups is 1. The van der Waals surface area contributed by atoms with E-state index in [4.69, 9.17) is 28.2 Å². The van der Waals surface area contributed by atoms with Gasteiger partial charge in [-0.2, -0.15) is 0 Å². The Bertz CT molecular complexity index is 967. The Morgan fingerprint density at radius 1 is 1.38 bits per heavy atom. The highest BCUT2D eigenvalue weighted by atomic mass is 35.5. The fraction of sp³-hybridized carbons (Fsp3) is 0.0588. The van der Waals surface area contributed by atoms with Gasteiger partial charge < -0.3 is 4.42 Å². The van der Waals surface area contributed by atoms with Crippen LogP contribution in [-0.2, 0) is 4.79 Å². The molecule has 0 aliphatic carbocycles. The first-order chi connectivity index (χ1) is 12.4. The number of halogens is 1. The third kappa shape index (κ3) is 3.57. The molecule has 1 aromatic heterocycles. The first kappa shape index (κ1) is 18.4. The summed E-state index contributed by atoms with van der Waals surface area (Å²) in [7, 11) is 0. The average Bonchev–Trinajstić information content (AvgIpc) is 3.15. The molecule has 2 aromatic rings. The zero-order chi connectivity index (χ0) is 18.8. The van der Waals surface area contributed by atoms with E-state index in [1.165, 1.54) is 28.8 Å². The number of nitro groups is 1. The number of nitrogens with zero attached hydrogens (tertiary/aromatic N) is 2. The van der Waals surface area contributed by atoms with Crippen LogP contribution in [0.2, 0.25) is 5.02 Å². The number of hydrogen-bond acceptors (Lipinski definition) is 6. The van der Waals surface area contributed by atoms with Crippen LogP contribution in [0.15, 0.2) is 52.3 Å². The molecule has 1 amide bonds. The van der Waals surface area contributed by atoms with Crippen LogP contribution in [0.1, 0.15) is 5.76 Å². The zero-order valence-electron chi connectivity index (χ0n) is 13.2. The molecule has 1 aliphatic heterocycles. The molecule has 6 nitrogen and oxygen atoms in total. The molecule has 0 N–H and O–H groups in total. The van der Waals surface area contributed by atoms with Crippen LogP contribution in [0, 0.1) is 10.1 Å². The largest absolute Gasteiger partial charge is 0.457 e. The van der Waals surface area contributed by atoms with Crippen LogP contribution in [0.3, 0.4) is 0 Å². The van der Waals surface area contributed by atoms with Crippen molar-refractivity contribution in [2.45, 2.75) is 0 Å². The molecule has 1 fully saturated rings. The van der Waals surface area contributed by atoms with Gasteiger partial charge in [0.2, 0.25) is 0 Å². The minimum atomic E-state index is -0.551. The predicted octanol–water partition coefficient (Wildman–Crippen LogP) is 4.90. The summed E-state index contributed by atoms with van der Waals surface area (Å²) in [5.74, 6) is 0.749. The number of hydrogen-bond donors (Lipinski definition) is 0. The molecule has 0 saturated carbocycles. The summed E-state index contributed by atoms with van der Waals surface area (Å²) >= 11 is 12.3. The Balaban J connectivity index is 1.86. The maximum Gasteiger partial charge on any atom is 0.287 e. The van der Waals surface area contributed by atoms with Crippen molar-refractivity contribution in [1.29, 1.82) is 0 Å². The highest BCUT2D eigenvalue weighted by molar-refractivity contribution is 8.26. The molecule has 0 radical (unpaired) electrons. The van der Waals surface area contributed by atoms with Crippen molar-refractivity contribution >= 4 is 57.6 Å². The number of amides is 1. The van der Waals surface area contributed by atoms with Gasteiger partial charge in [-0.05, 0) is 24.3 Å². The van der Waals surface area contributed by atoms with Gasteiger partial charge in [-0.1, -0.05) is 41.7 Å². The van der Waals surface area contributed by atoms with E-state index in [2.05, 4.69) is 6.58 Å². The summed E-state index contributed by atoms with van der Waals surface area (Å²) in [6, 6.07) is 7.74. The highest BCUT2D eigenvalue weighted by Crippen LogP contribution is 2.34. The van der Waals surface area contributed by atoms with E-state index >= 15 is 0 Å². The van der Waals surface area contributed by atoms with Crippen LogP contribution >= 0.6 is 35.6 Å². The highest BCUT2D eigenvalue weighted by Gasteiger charge is 2.31. The molecule has 132 valence electrons. The molecule has 1 aromatic carbocycles. The van der Waals surface area contributed by atoms with Crippen molar-refractivity contribution in [2.75, 3.05) is 6.54 Å². The number of carbonyl (C=O) groups is 1. The molecule has 0 atom stereocenters. The molecule has 3 rings (SSSR count). The van der Waals surface area contributed by atoms with Crippen LogP contribution in [0.25, 0.3) is 17.4 Å². The summed E-state index contributed by atoms with van der Waals surface area (Å²) in [5.41, 5.74) is 0.424. The van der Waals surface area contributed by atoms with E-state index in [9.17, 15) is 14.9 Å². The van der Waals surface area contributed by atoms with E-state index in [0.29, 0.717) is 32.9 Å². The predicted molar refractivity (Wildman–Crippen MR) is 106 cm³/mol. The van der Waals surface area contributed by atoms with Gasteiger partial charge in [0.1, 0.15) is 20.9 Å². The minimum absolute atomic E-state index is 0.0238. The van der Waals surface area contributed by atoms with Gasteiger partial charge in [0.15, 0.2) is 0 Å². The number of nitro benzene ring substituents is 1. The quantitative estimate of drug-likeness (QED) is 0.231. The van der Waals surface area contributed by atoms with E-state index in [1.807, 2.05) is 0 Å². The Kier molecular flexibility index (Phi) is 5.26. The SMILES string of the molecule is C=CCN1C(=O)C(=Cc2ccc(-c3ccc([N+](=O)[O-])c(Cl)c3)o2)SC1=S. The molecule has 0 unspecified atom stereocenters. The Morgan fingerprint density at radius 2 is 2.15 bits per heavy atom. The molecule has 1 aliphatic rings. The fourth-order valence-electron chi connectivity index (χ4n) is 2.31. The number of rotatable bonds is 5. The summed E-state index contributed by atoms with van der Waals surface area (Å²) in [4.78, 5) is 24.5. The van der Waals surface area contributed by atoms with Gasteiger partial charge >= 0.3 is 0 Å². The van der Waals surface area contributed by atoms with Crippen LogP contribution in [-0.4, -0.2) is 26.6 Å². The van der Waals surface area contributed by atoms with E-state index in [-0.39, 0.29) is 16.6 Å². The van der Waals surface area contributed by atoms with E-state index < -0.39 is 4.92 Å².